The molecule has 0 atom stereocenters. The normalized spacial score (nSPS) is 11.2. The van der Waals surface area contributed by atoms with Gasteiger partial charge in [-0.25, -0.2) is 8.42 Å². The highest BCUT2D eigenvalue weighted by Crippen LogP contribution is 2.36. The fourth-order valence-electron chi connectivity index (χ4n) is 2.36. The zero-order valence-corrected chi connectivity index (χ0v) is 16.1. The minimum atomic E-state index is -3.75. The molecule has 0 saturated heterocycles. The molecule has 0 unspecified atom stereocenters. The average Bonchev–Trinajstić information content (AvgIpc) is 2.61. The number of methoxy groups -OCH3 is 2. The van der Waals surface area contributed by atoms with Gasteiger partial charge in [0.2, 0.25) is 0 Å². The lowest BCUT2D eigenvalue weighted by Crippen LogP contribution is -2.14. The number of rotatable bonds is 8. The molecule has 2 aromatic carbocycles. The Balaban J connectivity index is 2.29. The Hall–Kier alpha value is -1.92. The number of halogens is 1. The summed E-state index contributed by atoms with van der Waals surface area (Å²) in [4.78, 5) is 0.184. The second kappa shape index (κ2) is 8.45. The van der Waals surface area contributed by atoms with Gasteiger partial charge in [-0.15, -0.1) is 0 Å². The Kier molecular flexibility index (Phi) is 6.56. The van der Waals surface area contributed by atoms with Crippen molar-refractivity contribution in [2.45, 2.75) is 31.1 Å². The Morgan fingerprint density at radius 3 is 2.24 bits per heavy atom. The number of unbranched alkanes of at least 4 members (excludes halogenated alkanes) is 1. The molecule has 0 radical (unpaired) electrons. The molecule has 0 aliphatic carbocycles. The minimum absolute atomic E-state index is 0.184. The van der Waals surface area contributed by atoms with E-state index in [-0.39, 0.29) is 10.6 Å². The Morgan fingerprint density at radius 1 is 1.04 bits per heavy atom. The molecule has 2 aromatic rings. The third-order valence-corrected chi connectivity index (χ3v) is 5.45. The van der Waals surface area contributed by atoms with E-state index in [0.29, 0.717) is 16.5 Å². The van der Waals surface area contributed by atoms with Crippen LogP contribution in [0.25, 0.3) is 0 Å². The summed E-state index contributed by atoms with van der Waals surface area (Å²) in [5.41, 5.74) is 1.38. The number of hydrogen-bond acceptors (Lipinski definition) is 4. The maximum atomic E-state index is 12.6. The minimum Gasteiger partial charge on any atom is -0.495 e. The molecule has 1 N–H and O–H groups in total. The van der Waals surface area contributed by atoms with Gasteiger partial charge in [-0.1, -0.05) is 37.1 Å². The highest BCUT2D eigenvalue weighted by molar-refractivity contribution is 7.92. The molecule has 0 amide bonds. The monoisotopic (exact) mass is 383 g/mol. The molecule has 0 saturated carbocycles. The van der Waals surface area contributed by atoms with Gasteiger partial charge >= 0.3 is 0 Å². The van der Waals surface area contributed by atoms with Gasteiger partial charge < -0.3 is 9.47 Å². The topological polar surface area (TPSA) is 64.6 Å². The number of aryl methyl sites for hydroxylation is 1. The molecule has 5 nitrogen and oxygen atoms in total. The predicted octanol–water partition coefficient (Wildman–Crippen LogP) is 4.50. The quantitative estimate of drug-likeness (QED) is 0.728. The molecule has 0 aliphatic heterocycles. The van der Waals surface area contributed by atoms with E-state index in [9.17, 15) is 8.42 Å². The van der Waals surface area contributed by atoms with Gasteiger partial charge in [-0.05, 0) is 30.5 Å². The fraction of sp³-hybridized carbons (Fsp3) is 0.333. The standard InChI is InChI=1S/C18H22ClNO4S/c1-4-5-6-13-7-9-14(10-8-13)25(21,22)20-16-12-17(23-2)15(19)11-18(16)24-3/h7-12,20H,4-6H2,1-3H3. The molecule has 0 spiro atoms. The summed E-state index contributed by atoms with van der Waals surface area (Å²) in [5.74, 6) is 0.670. The van der Waals surface area contributed by atoms with Crippen molar-refractivity contribution in [2.75, 3.05) is 18.9 Å². The van der Waals surface area contributed by atoms with Gasteiger partial charge in [0.15, 0.2) is 0 Å². The van der Waals surface area contributed by atoms with Crippen LogP contribution in [-0.4, -0.2) is 22.6 Å². The molecule has 7 heteroatoms. The fourth-order valence-corrected chi connectivity index (χ4v) is 3.65. The zero-order valence-electron chi connectivity index (χ0n) is 14.5. The molecule has 0 fully saturated rings. The lowest BCUT2D eigenvalue weighted by molar-refractivity contribution is 0.405. The molecule has 0 bridgehead atoms. The van der Waals surface area contributed by atoms with Gasteiger partial charge in [0, 0.05) is 12.1 Å². The predicted molar refractivity (Wildman–Crippen MR) is 100 cm³/mol. The van der Waals surface area contributed by atoms with Crippen LogP contribution in [0.15, 0.2) is 41.3 Å². The lowest BCUT2D eigenvalue weighted by Gasteiger charge is -2.14. The summed E-state index contributed by atoms with van der Waals surface area (Å²) in [6, 6.07) is 9.88. The van der Waals surface area contributed by atoms with Crippen molar-refractivity contribution in [3.63, 3.8) is 0 Å². The first-order valence-electron chi connectivity index (χ1n) is 7.94. The van der Waals surface area contributed by atoms with Crippen LogP contribution in [-0.2, 0) is 16.4 Å². The van der Waals surface area contributed by atoms with Crippen LogP contribution in [0, 0.1) is 0 Å². The van der Waals surface area contributed by atoms with Gasteiger partial charge in [-0.2, -0.15) is 0 Å². The van der Waals surface area contributed by atoms with Gasteiger partial charge in [0.1, 0.15) is 11.5 Å². The number of ether oxygens (including phenoxy) is 2. The van der Waals surface area contributed by atoms with Crippen molar-refractivity contribution in [3.05, 3.63) is 47.0 Å². The number of benzene rings is 2. The van der Waals surface area contributed by atoms with Crippen LogP contribution >= 0.6 is 11.6 Å². The SMILES string of the molecule is CCCCc1ccc(S(=O)(=O)Nc2cc(OC)c(Cl)cc2OC)cc1. The first-order chi connectivity index (χ1) is 11.9. The van der Waals surface area contributed by atoms with E-state index in [1.54, 1.807) is 12.1 Å². The number of anilines is 1. The summed E-state index contributed by atoms with van der Waals surface area (Å²) in [6.07, 6.45) is 3.11. The highest BCUT2D eigenvalue weighted by atomic mass is 35.5. The second-order valence-corrected chi connectivity index (χ2v) is 7.63. The van der Waals surface area contributed by atoms with E-state index < -0.39 is 10.0 Å². The molecule has 0 aromatic heterocycles. The zero-order chi connectivity index (χ0) is 18.4. The van der Waals surface area contributed by atoms with Gasteiger partial charge in [-0.3, -0.25) is 4.72 Å². The molecule has 2 rings (SSSR count). The first-order valence-corrected chi connectivity index (χ1v) is 9.80. The second-order valence-electron chi connectivity index (χ2n) is 5.54. The van der Waals surface area contributed by atoms with E-state index >= 15 is 0 Å². The third kappa shape index (κ3) is 4.80. The van der Waals surface area contributed by atoms with Crippen LogP contribution in [0.1, 0.15) is 25.3 Å². The van der Waals surface area contributed by atoms with Crippen molar-refractivity contribution in [3.8, 4) is 11.5 Å². The van der Waals surface area contributed by atoms with Crippen molar-refractivity contribution < 1.29 is 17.9 Å². The Bertz CT molecular complexity index is 820. The molecule has 0 heterocycles. The largest absolute Gasteiger partial charge is 0.495 e. The van der Waals surface area contributed by atoms with E-state index in [1.165, 1.54) is 26.4 Å². The van der Waals surface area contributed by atoms with Crippen molar-refractivity contribution in [2.24, 2.45) is 0 Å². The molecule has 0 aliphatic rings. The molecule has 136 valence electrons. The van der Waals surface area contributed by atoms with E-state index in [4.69, 9.17) is 21.1 Å². The summed E-state index contributed by atoms with van der Waals surface area (Å²) in [6.45, 7) is 2.12. The maximum absolute atomic E-state index is 12.6. The van der Waals surface area contributed by atoms with Gasteiger partial charge in [0.25, 0.3) is 10.0 Å². The highest BCUT2D eigenvalue weighted by Gasteiger charge is 2.18. The van der Waals surface area contributed by atoms with Gasteiger partial charge in [0.05, 0.1) is 29.8 Å². The number of nitrogens with one attached hydrogen (secondary N) is 1. The maximum Gasteiger partial charge on any atom is 0.262 e. The van der Waals surface area contributed by atoms with Crippen molar-refractivity contribution in [1.82, 2.24) is 0 Å². The number of hydrogen-bond donors (Lipinski definition) is 1. The van der Waals surface area contributed by atoms with Crippen molar-refractivity contribution >= 4 is 27.3 Å². The smallest absolute Gasteiger partial charge is 0.262 e. The molecular formula is C18H22ClNO4S. The van der Waals surface area contributed by atoms with Crippen LogP contribution in [0.2, 0.25) is 5.02 Å². The summed E-state index contributed by atoms with van der Waals surface area (Å²) in [7, 11) is -0.847. The van der Waals surface area contributed by atoms with Crippen LogP contribution < -0.4 is 14.2 Å². The first kappa shape index (κ1) is 19.4. The molecule has 25 heavy (non-hydrogen) atoms. The van der Waals surface area contributed by atoms with E-state index in [2.05, 4.69) is 11.6 Å². The summed E-state index contributed by atoms with van der Waals surface area (Å²) in [5, 5.41) is 0.336. The third-order valence-electron chi connectivity index (χ3n) is 3.77. The van der Waals surface area contributed by atoms with Crippen molar-refractivity contribution in [1.29, 1.82) is 0 Å². The van der Waals surface area contributed by atoms with Crippen LogP contribution in [0.5, 0.6) is 11.5 Å². The lowest BCUT2D eigenvalue weighted by atomic mass is 10.1. The Labute approximate surface area is 154 Å². The molecular weight excluding hydrogens is 362 g/mol. The average molecular weight is 384 g/mol. The van der Waals surface area contributed by atoms with Crippen LogP contribution in [0.3, 0.4) is 0 Å². The van der Waals surface area contributed by atoms with E-state index in [0.717, 1.165) is 24.8 Å². The Morgan fingerprint density at radius 2 is 1.68 bits per heavy atom. The van der Waals surface area contributed by atoms with Crippen LogP contribution in [0.4, 0.5) is 5.69 Å². The summed E-state index contributed by atoms with van der Waals surface area (Å²) >= 11 is 6.05. The van der Waals surface area contributed by atoms with E-state index in [1.807, 2.05) is 12.1 Å². The number of sulfonamides is 1. The summed E-state index contributed by atoms with van der Waals surface area (Å²) < 4.78 is 38.1.